The molecule has 0 aliphatic carbocycles. The van der Waals surface area contributed by atoms with Crippen molar-refractivity contribution in [3.05, 3.63) is 59.0 Å². The molecule has 0 atom stereocenters. The molecule has 0 unspecified atom stereocenters. The van der Waals surface area contributed by atoms with Crippen molar-refractivity contribution in [2.24, 2.45) is 10.2 Å². The van der Waals surface area contributed by atoms with Crippen molar-refractivity contribution < 1.29 is 57.5 Å². The van der Waals surface area contributed by atoms with Crippen LogP contribution in [0.4, 0.5) is 26.0 Å². The molecule has 44 heavy (non-hydrogen) atoms. The second-order valence-corrected chi connectivity index (χ2v) is 13.0. The van der Waals surface area contributed by atoms with Crippen molar-refractivity contribution in [3.8, 4) is 11.5 Å². The van der Waals surface area contributed by atoms with Gasteiger partial charge in [-0.1, -0.05) is 11.6 Å². The number of anilines is 1. The van der Waals surface area contributed by atoms with Gasteiger partial charge in [0.15, 0.2) is 11.6 Å². The summed E-state index contributed by atoms with van der Waals surface area (Å²) in [6, 6.07) is 5.42. The third-order valence-electron chi connectivity index (χ3n) is 5.75. The number of rotatable bonds is 9. The van der Waals surface area contributed by atoms with Gasteiger partial charge < -0.3 is 15.2 Å². The van der Waals surface area contributed by atoms with E-state index in [-0.39, 0.29) is 16.5 Å². The lowest BCUT2D eigenvalue weighted by molar-refractivity contribution is 0.407. The number of azo groups is 1. The molecule has 5 N–H and O–H groups in total. The van der Waals surface area contributed by atoms with Gasteiger partial charge in [-0.25, -0.2) is 0 Å². The predicted molar refractivity (Wildman–Crippen MR) is 147 cm³/mol. The van der Waals surface area contributed by atoms with Crippen LogP contribution < -0.4 is 10.1 Å². The second-order valence-electron chi connectivity index (χ2n) is 8.47. The smallest absolute Gasteiger partial charge is 0.313 e. The molecule has 4 aromatic rings. The van der Waals surface area contributed by atoms with Gasteiger partial charge in [-0.3, -0.25) is 13.7 Å². The van der Waals surface area contributed by atoms with Crippen LogP contribution in [-0.2, 0) is 36.9 Å². The Labute approximate surface area is 251 Å². The number of aromatic hydroxyl groups is 1. The lowest BCUT2D eigenvalue weighted by atomic mass is 10.1. The van der Waals surface area contributed by atoms with Crippen LogP contribution in [0.1, 0.15) is 5.56 Å². The number of ether oxygens (including phenoxy) is 1. The quantitative estimate of drug-likeness (QED) is 0.0717. The van der Waals surface area contributed by atoms with E-state index in [1.807, 2.05) is 0 Å². The van der Waals surface area contributed by atoms with Crippen molar-refractivity contribution >= 4 is 69.9 Å². The van der Waals surface area contributed by atoms with Crippen molar-refractivity contribution in [2.75, 3.05) is 12.4 Å². The van der Waals surface area contributed by atoms with Gasteiger partial charge in [0.25, 0.3) is 30.4 Å². The summed E-state index contributed by atoms with van der Waals surface area (Å²) in [4.78, 5) is 3.28. The van der Waals surface area contributed by atoms with E-state index < -0.39 is 97.1 Å². The molecule has 1 heterocycles. The molecular formula is C22H16ClF2N5O11S3. The molecule has 234 valence electrons. The van der Waals surface area contributed by atoms with Crippen LogP contribution in [0, 0.1) is 12.0 Å². The molecule has 3 aromatic carbocycles. The van der Waals surface area contributed by atoms with E-state index in [0.29, 0.717) is 6.07 Å². The van der Waals surface area contributed by atoms with Crippen LogP contribution in [0.3, 0.4) is 0 Å². The van der Waals surface area contributed by atoms with Gasteiger partial charge in [0.1, 0.15) is 31.9 Å². The third kappa shape index (κ3) is 6.67. The first-order chi connectivity index (χ1) is 20.3. The van der Waals surface area contributed by atoms with Crippen LogP contribution in [0.5, 0.6) is 11.5 Å². The fourth-order valence-electron chi connectivity index (χ4n) is 3.89. The number of hydrogen-bond donors (Lipinski definition) is 5. The van der Waals surface area contributed by atoms with Gasteiger partial charge in [-0.15, -0.1) is 10.2 Å². The number of nitrogens with one attached hydrogen (secondary N) is 1. The average molecular weight is 696 g/mol. The molecule has 1 aromatic heterocycles. The summed E-state index contributed by atoms with van der Waals surface area (Å²) in [5.41, 5.74) is -2.02. The van der Waals surface area contributed by atoms with Crippen LogP contribution in [-0.4, -0.2) is 61.1 Å². The monoisotopic (exact) mass is 695 g/mol. The Morgan fingerprint density at radius 1 is 0.932 bits per heavy atom. The number of methoxy groups -OCH3 is 1. The van der Waals surface area contributed by atoms with Crippen LogP contribution in [0.15, 0.2) is 61.3 Å². The maximum absolute atomic E-state index is 13.8. The fourth-order valence-corrected chi connectivity index (χ4v) is 6.08. The number of halogens is 3. The summed E-state index contributed by atoms with van der Waals surface area (Å²) in [5.74, 6) is -3.22. The van der Waals surface area contributed by atoms with E-state index in [1.54, 1.807) is 0 Å². The summed E-state index contributed by atoms with van der Waals surface area (Å²) < 4.78 is 134. The number of phenolic OH excluding ortho intramolecular Hbond substituents is 1. The van der Waals surface area contributed by atoms with Crippen LogP contribution in [0.25, 0.3) is 10.8 Å². The SMILES string of the molecule is COc1ccc(N=Nc2c(S(=O)(=O)O)cc3cc(S(=O)(=O)O)ccc3c2O)c(S(=O)(=O)O)c1CNc1nc(F)nc(F)c1Cl. The van der Waals surface area contributed by atoms with Crippen molar-refractivity contribution in [1.29, 1.82) is 0 Å². The molecule has 22 heteroatoms. The highest BCUT2D eigenvalue weighted by molar-refractivity contribution is 7.86. The van der Waals surface area contributed by atoms with Crippen molar-refractivity contribution in [2.45, 2.75) is 21.2 Å². The van der Waals surface area contributed by atoms with E-state index in [9.17, 15) is 52.8 Å². The molecule has 0 fully saturated rings. The zero-order chi connectivity index (χ0) is 32.8. The van der Waals surface area contributed by atoms with Gasteiger partial charge >= 0.3 is 6.08 Å². The van der Waals surface area contributed by atoms with Crippen molar-refractivity contribution in [1.82, 2.24) is 9.97 Å². The topological polar surface area (TPSA) is 255 Å². The summed E-state index contributed by atoms with van der Waals surface area (Å²) in [7, 11) is -14.1. The first-order valence-corrected chi connectivity index (χ1v) is 16.0. The zero-order valence-electron chi connectivity index (χ0n) is 21.5. The van der Waals surface area contributed by atoms with Crippen LogP contribution in [0.2, 0.25) is 5.02 Å². The Balaban J connectivity index is 1.91. The minimum atomic E-state index is -5.23. The molecule has 0 aliphatic rings. The van der Waals surface area contributed by atoms with E-state index in [0.717, 1.165) is 37.4 Å². The Hall–Kier alpha value is -4.12. The molecule has 4 rings (SSSR count). The molecular weight excluding hydrogens is 680 g/mol. The van der Waals surface area contributed by atoms with E-state index in [2.05, 4.69) is 25.5 Å². The number of fused-ring (bicyclic) bond motifs is 1. The number of hydrogen-bond acceptors (Lipinski definition) is 13. The first kappa shape index (κ1) is 32.8. The second kappa shape index (κ2) is 11.8. The first-order valence-electron chi connectivity index (χ1n) is 11.3. The molecule has 0 bridgehead atoms. The Morgan fingerprint density at radius 3 is 2.20 bits per heavy atom. The number of aromatic nitrogens is 2. The van der Waals surface area contributed by atoms with E-state index in [4.69, 9.17) is 16.3 Å². The molecule has 0 saturated carbocycles. The summed E-state index contributed by atoms with van der Waals surface area (Å²) >= 11 is 5.73. The molecule has 0 spiro atoms. The highest BCUT2D eigenvalue weighted by Gasteiger charge is 2.27. The van der Waals surface area contributed by atoms with Gasteiger partial charge in [-0.05, 0) is 41.8 Å². The van der Waals surface area contributed by atoms with Gasteiger partial charge in [0.2, 0.25) is 5.95 Å². The normalized spacial score (nSPS) is 12.6. The summed E-state index contributed by atoms with van der Waals surface area (Å²) in [5, 5.41) is 19.1. The lowest BCUT2D eigenvalue weighted by Crippen LogP contribution is -2.12. The standard InChI is InChI=1S/C22H16ClF2N5O11S3/c1-41-14-5-4-13(19(44(38,39)40)12(14)8-26-21-16(23)20(24)27-22(25)28-21)29-30-17-15(43(35,36)37)7-9-6-10(42(32,33)34)2-3-11(9)18(17)31/h2-7,31H,8H2,1H3,(H,26,27,28)(H,32,33,34)(H,35,36,37)(H,38,39,40). The maximum atomic E-state index is 13.8. The number of nitrogens with zero attached hydrogens (tertiary/aromatic N) is 4. The number of phenols is 1. The molecule has 16 nitrogen and oxygen atoms in total. The zero-order valence-corrected chi connectivity index (χ0v) is 24.7. The van der Waals surface area contributed by atoms with Crippen LogP contribution >= 0.6 is 11.6 Å². The Morgan fingerprint density at radius 2 is 1.61 bits per heavy atom. The van der Waals surface area contributed by atoms with Gasteiger partial charge in [0.05, 0.1) is 12.0 Å². The van der Waals surface area contributed by atoms with Gasteiger partial charge in [-0.2, -0.15) is 44.0 Å². The largest absolute Gasteiger partial charge is 0.505 e. The minimum Gasteiger partial charge on any atom is -0.505 e. The molecule has 0 radical (unpaired) electrons. The minimum absolute atomic E-state index is 0.211. The predicted octanol–water partition coefficient (Wildman–Crippen LogP) is 4.04. The maximum Gasteiger partial charge on any atom is 0.313 e. The third-order valence-corrected chi connectivity index (χ3v) is 8.77. The molecule has 0 amide bonds. The highest BCUT2D eigenvalue weighted by Crippen LogP contribution is 2.43. The van der Waals surface area contributed by atoms with E-state index >= 15 is 0 Å². The van der Waals surface area contributed by atoms with E-state index in [1.165, 1.54) is 0 Å². The summed E-state index contributed by atoms with van der Waals surface area (Å²) in [6.45, 7) is -0.676. The average Bonchev–Trinajstić information content (AvgIpc) is 2.91. The van der Waals surface area contributed by atoms with Gasteiger partial charge in [0, 0.05) is 17.5 Å². The lowest BCUT2D eigenvalue weighted by Gasteiger charge is -2.15. The highest BCUT2D eigenvalue weighted by atomic mass is 35.5. The molecule has 0 saturated heterocycles. The Bertz CT molecular complexity index is 2200. The number of benzene rings is 3. The Kier molecular flexibility index (Phi) is 8.76. The molecule has 0 aliphatic heterocycles. The fraction of sp³-hybridized carbons (Fsp3) is 0.0909. The van der Waals surface area contributed by atoms with Crippen molar-refractivity contribution in [3.63, 3.8) is 0 Å². The summed E-state index contributed by atoms with van der Waals surface area (Å²) in [6.07, 6.45) is -1.52.